The Morgan fingerprint density at radius 3 is 2.06 bits per heavy atom. The first-order valence-corrected chi connectivity index (χ1v) is 11.4. The number of hydrogen-bond donors (Lipinski definition) is 1. The fraction of sp³-hybridized carbons (Fsp3) is 0.500. The van der Waals surface area contributed by atoms with Crippen LogP contribution in [0.3, 0.4) is 0 Å². The van der Waals surface area contributed by atoms with E-state index < -0.39 is 22.5 Å². The van der Waals surface area contributed by atoms with Crippen LogP contribution in [0, 0.1) is 21.4 Å². The molecule has 1 N–H and O–H groups in total. The molecule has 0 radical (unpaired) electrons. The van der Waals surface area contributed by atoms with E-state index in [9.17, 15) is 20.5 Å². The third-order valence-electron chi connectivity index (χ3n) is 6.30. The molecule has 2 aromatic rings. The lowest BCUT2D eigenvalue weighted by atomic mass is 9.73. The molecule has 0 aliphatic rings. The fourth-order valence-corrected chi connectivity index (χ4v) is 4.34. The van der Waals surface area contributed by atoms with Crippen LogP contribution in [0.25, 0.3) is 0 Å². The molecular weight excluding hydrogens is 452 g/mol. The van der Waals surface area contributed by atoms with Gasteiger partial charge in [0.15, 0.2) is 23.0 Å². The van der Waals surface area contributed by atoms with Gasteiger partial charge in [0.25, 0.3) is 0 Å². The van der Waals surface area contributed by atoms with E-state index in [4.69, 9.17) is 18.9 Å². The zero-order valence-electron chi connectivity index (χ0n) is 20.9. The Bertz CT molecular complexity index is 1040. The van der Waals surface area contributed by atoms with E-state index >= 15 is 0 Å². The van der Waals surface area contributed by atoms with Gasteiger partial charge in [-0.25, -0.2) is 0 Å². The van der Waals surface area contributed by atoms with Crippen molar-refractivity contribution < 1.29 is 29.0 Å². The molecule has 0 aromatic heterocycles. The summed E-state index contributed by atoms with van der Waals surface area (Å²) in [5.74, 6) is 2.02. The van der Waals surface area contributed by atoms with E-state index in [-0.39, 0.29) is 19.3 Å². The Hall–Kier alpha value is -3.51. The smallest absolute Gasteiger partial charge is 0.242 e. The van der Waals surface area contributed by atoms with Crippen LogP contribution in [0.1, 0.15) is 43.7 Å². The average Bonchev–Trinajstić information content (AvgIpc) is 2.88. The van der Waals surface area contributed by atoms with Crippen molar-refractivity contribution in [3.05, 3.63) is 57.6 Å². The minimum Gasteiger partial charge on any atom is -0.493 e. The van der Waals surface area contributed by atoms with Crippen molar-refractivity contribution in [1.29, 1.82) is 5.26 Å². The first-order chi connectivity index (χ1) is 16.8. The number of rotatable bonds is 14. The summed E-state index contributed by atoms with van der Waals surface area (Å²) in [7, 11) is 6.06. The number of benzene rings is 2. The molecule has 0 heterocycles. The van der Waals surface area contributed by atoms with Crippen molar-refractivity contribution in [3.8, 4) is 29.1 Å². The molecule has 3 atom stereocenters. The van der Waals surface area contributed by atoms with Gasteiger partial charge < -0.3 is 24.1 Å². The lowest BCUT2D eigenvalue weighted by Crippen LogP contribution is -2.37. The minimum atomic E-state index is -1.25. The van der Waals surface area contributed by atoms with E-state index in [0.717, 1.165) is 12.0 Å². The highest BCUT2D eigenvalue weighted by molar-refractivity contribution is 5.47. The molecule has 2 aromatic carbocycles. The van der Waals surface area contributed by atoms with Gasteiger partial charge in [-0.2, -0.15) is 5.26 Å². The Balaban J connectivity index is 2.27. The zero-order chi connectivity index (χ0) is 26.0. The molecule has 0 aliphatic carbocycles. The van der Waals surface area contributed by atoms with Crippen LogP contribution < -0.4 is 18.9 Å². The summed E-state index contributed by atoms with van der Waals surface area (Å²) in [6, 6.07) is 11.5. The Morgan fingerprint density at radius 1 is 0.971 bits per heavy atom. The van der Waals surface area contributed by atoms with Gasteiger partial charge in [0.05, 0.1) is 39.9 Å². The van der Waals surface area contributed by atoms with Crippen LogP contribution in [-0.4, -0.2) is 50.6 Å². The van der Waals surface area contributed by atoms with Crippen LogP contribution in [0.5, 0.6) is 23.0 Å². The second-order valence-electron chi connectivity index (χ2n) is 8.37. The topological polar surface area (TPSA) is 124 Å². The van der Waals surface area contributed by atoms with Crippen molar-refractivity contribution >= 4 is 0 Å². The standard InChI is InChI=1S/C26H34N2O7/c1-6-12-26(17-27,19-8-10-23(33-3)25(16-19)35-5)13-11-21(29)20(28(30)31)14-18-7-9-22(32-2)24(15-18)34-4/h7-10,15-16,20-21,29H,6,11-14H2,1-5H3. The van der Waals surface area contributed by atoms with Crippen LogP contribution in [0.2, 0.25) is 0 Å². The van der Waals surface area contributed by atoms with Crippen LogP contribution >= 0.6 is 0 Å². The molecule has 0 aliphatic heterocycles. The number of hydrogen-bond acceptors (Lipinski definition) is 8. The molecule has 190 valence electrons. The van der Waals surface area contributed by atoms with Gasteiger partial charge in [0.2, 0.25) is 6.04 Å². The van der Waals surface area contributed by atoms with Crippen molar-refractivity contribution in [3.63, 3.8) is 0 Å². The summed E-state index contributed by atoms with van der Waals surface area (Å²) in [5, 5.41) is 32.9. The third-order valence-corrected chi connectivity index (χ3v) is 6.30. The van der Waals surface area contributed by atoms with E-state index in [1.165, 1.54) is 28.4 Å². The number of aliphatic hydroxyl groups excluding tert-OH is 1. The molecular formula is C26H34N2O7. The van der Waals surface area contributed by atoms with Crippen molar-refractivity contribution in [2.45, 2.75) is 56.6 Å². The number of methoxy groups -OCH3 is 4. The highest BCUT2D eigenvalue weighted by Gasteiger charge is 2.37. The molecule has 0 fully saturated rings. The maximum absolute atomic E-state index is 11.9. The molecule has 0 bridgehead atoms. The van der Waals surface area contributed by atoms with Gasteiger partial charge in [-0.15, -0.1) is 0 Å². The summed E-state index contributed by atoms with van der Waals surface area (Å²) >= 11 is 0. The molecule has 35 heavy (non-hydrogen) atoms. The average molecular weight is 487 g/mol. The Labute approximate surface area is 206 Å². The Morgan fingerprint density at radius 2 is 1.54 bits per heavy atom. The molecule has 9 heteroatoms. The number of nitro groups is 1. The molecule has 2 rings (SSSR count). The number of nitriles is 1. The molecule has 0 amide bonds. The molecule has 9 nitrogen and oxygen atoms in total. The van der Waals surface area contributed by atoms with Gasteiger partial charge in [-0.3, -0.25) is 10.1 Å². The van der Waals surface area contributed by atoms with E-state index in [2.05, 4.69) is 6.07 Å². The van der Waals surface area contributed by atoms with Crippen LogP contribution in [0.4, 0.5) is 0 Å². The predicted molar refractivity (Wildman–Crippen MR) is 131 cm³/mol. The largest absolute Gasteiger partial charge is 0.493 e. The van der Waals surface area contributed by atoms with E-state index in [1.54, 1.807) is 36.4 Å². The maximum atomic E-state index is 11.9. The van der Waals surface area contributed by atoms with Gasteiger partial charge in [0.1, 0.15) is 6.10 Å². The number of ether oxygens (including phenoxy) is 4. The van der Waals surface area contributed by atoms with Crippen molar-refractivity contribution in [1.82, 2.24) is 0 Å². The SMILES string of the molecule is CCCC(C#N)(CCC(O)C(Cc1ccc(OC)c(OC)c1)[N+](=O)[O-])c1ccc(OC)c(OC)c1. The number of nitrogens with zero attached hydrogens (tertiary/aromatic N) is 2. The molecule has 0 saturated carbocycles. The lowest BCUT2D eigenvalue weighted by molar-refractivity contribution is -0.534. The summed E-state index contributed by atoms with van der Waals surface area (Å²) in [6.07, 6.45) is 0.360. The lowest BCUT2D eigenvalue weighted by Gasteiger charge is -2.29. The third kappa shape index (κ3) is 6.55. The summed E-state index contributed by atoms with van der Waals surface area (Å²) in [6.45, 7) is 1.97. The second kappa shape index (κ2) is 12.8. The van der Waals surface area contributed by atoms with Gasteiger partial charge >= 0.3 is 0 Å². The Kier molecular flexibility index (Phi) is 10.2. The maximum Gasteiger partial charge on any atom is 0.242 e. The second-order valence-corrected chi connectivity index (χ2v) is 8.37. The van der Waals surface area contributed by atoms with Crippen molar-refractivity contribution in [2.75, 3.05) is 28.4 Å². The van der Waals surface area contributed by atoms with Gasteiger partial charge in [0, 0.05) is 11.3 Å². The van der Waals surface area contributed by atoms with Crippen LogP contribution in [-0.2, 0) is 11.8 Å². The first-order valence-electron chi connectivity index (χ1n) is 11.4. The van der Waals surface area contributed by atoms with Gasteiger partial charge in [-0.1, -0.05) is 25.5 Å². The summed E-state index contributed by atoms with van der Waals surface area (Å²) in [4.78, 5) is 11.4. The first kappa shape index (κ1) is 27.7. The fourth-order valence-electron chi connectivity index (χ4n) is 4.34. The van der Waals surface area contributed by atoms with Gasteiger partial charge in [-0.05, 0) is 54.7 Å². The van der Waals surface area contributed by atoms with E-state index in [0.29, 0.717) is 35.0 Å². The highest BCUT2D eigenvalue weighted by atomic mass is 16.6. The van der Waals surface area contributed by atoms with E-state index in [1.807, 2.05) is 6.92 Å². The molecule has 0 saturated heterocycles. The summed E-state index contributed by atoms with van der Waals surface area (Å²) in [5.41, 5.74) is 0.437. The van der Waals surface area contributed by atoms with Crippen molar-refractivity contribution in [2.24, 2.45) is 0 Å². The highest BCUT2D eigenvalue weighted by Crippen LogP contribution is 2.39. The number of aliphatic hydroxyl groups is 1. The zero-order valence-corrected chi connectivity index (χ0v) is 20.9. The normalized spacial score (nSPS) is 14.2. The minimum absolute atomic E-state index is 0.0121. The molecule has 3 unspecified atom stereocenters. The summed E-state index contributed by atoms with van der Waals surface area (Å²) < 4.78 is 21.2. The van der Waals surface area contributed by atoms with Crippen LogP contribution in [0.15, 0.2) is 36.4 Å². The molecule has 0 spiro atoms. The monoisotopic (exact) mass is 486 g/mol. The quantitative estimate of drug-likeness (QED) is 0.309. The predicted octanol–water partition coefficient (Wildman–Crippen LogP) is 4.31.